The molecule has 5 rings (SSSR count). The number of hydrogen-bond acceptors (Lipinski definition) is 9. The minimum Gasteiger partial charge on any atom is -0.474 e. The van der Waals surface area contributed by atoms with Gasteiger partial charge in [-0.3, -0.25) is 14.9 Å². The number of nitrogens with zero attached hydrogens (tertiary/aromatic N) is 4. The maximum Gasteiger partial charge on any atom is 0.290 e. The first kappa shape index (κ1) is 23.3. The molecule has 2 aromatic heterocycles. The average molecular weight is 554 g/mol. The Hall–Kier alpha value is -3.44. The topological polar surface area (TPSA) is 107 Å². The lowest BCUT2D eigenvalue weighted by Crippen LogP contribution is -2.38. The van der Waals surface area contributed by atoms with Gasteiger partial charge in [-0.05, 0) is 63.6 Å². The third-order valence-electron chi connectivity index (χ3n) is 5.42. The molecule has 35 heavy (non-hydrogen) atoms. The number of carbonyl (C=O) groups excluding carboxylic acids is 2. The van der Waals surface area contributed by atoms with Gasteiger partial charge in [0.1, 0.15) is 24.0 Å². The standard InChI is InChI=1S/C24H20BrN5O4S/c25-16-3-6-20(26-13-16)30-9-7-18(8-10-30)34-22-12-21(27-14-28-22)33-17-4-1-15(2-5-17)11-19-23(31)29-24(32)35-19/h1-6,11-14,18H,7-10H2,(H,29,31,32). The van der Waals surface area contributed by atoms with E-state index < -0.39 is 0 Å². The van der Waals surface area contributed by atoms with Crippen LogP contribution < -0.4 is 19.7 Å². The Kier molecular flexibility index (Phi) is 6.96. The molecule has 2 aliphatic heterocycles. The molecule has 178 valence electrons. The van der Waals surface area contributed by atoms with Crippen molar-refractivity contribution in [3.8, 4) is 17.5 Å². The van der Waals surface area contributed by atoms with E-state index in [9.17, 15) is 9.59 Å². The number of anilines is 1. The van der Waals surface area contributed by atoms with Crippen molar-refractivity contribution in [1.29, 1.82) is 0 Å². The zero-order valence-electron chi connectivity index (χ0n) is 18.4. The zero-order valence-corrected chi connectivity index (χ0v) is 20.8. The molecular weight excluding hydrogens is 534 g/mol. The molecule has 1 aromatic carbocycles. The first-order valence-electron chi connectivity index (χ1n) is 10.9. The summed E-state index contributed by atoms with van der Waals surface area (Å²) in [5, 5.41) is 1.87. The van der Waals surface area contributed by atoms with Crippen LogP contribution in [0.15, 0.2) is 64.4 Å². The Balaban J connectivity index is 1.16. The van der Waals surface area contributed by atoms with Gasteiger partial charge in [0.25, 0.3) is 11.1 Å². The van der Waals surface area contributed by atoms with Crippen molar-refractivity contribution in [1.82, 2.24) is 20.3 Å². The molecule has 2 aliphatic rings. The number of aromatic nitrogens is 3. The van der Waals surface area contributed by atoms with E-state index in [-0.39, 0.29) is 17.3 Å². The van der Waals surface area contributed by atoms with Gasteiger partial charge in [-0.2, -0.15) is 0 Å². The largest absolute Gasteiger partial charge is 0.474 e. The number of pyridine rings is 1. The molecule has 0 atom stereocenters. The smallest absolute Gasteiger partial charge is 0.290 e. The van der Waals surface area contributed by atoms with Gasteiger partial charge in [-0.1, -0.05) is 12.1 Å². The second kappa shape index (κ2) is 10.4. The fourth-order valence-corrected chi connectivity index (χ4v) is 4.61. The molecule has 11 heteroatoms. The van der Waals surface area contributed by atoms with Crippen LogP contribution in [0.2, 0.25) is 0 Å². The van der Waals surface area contributed by atoms with E-state index in [1.807, 2.05) is 12.1 Å². The van der Waals surface area contributed by atoms with E-state index in [0.717, 1.165) is 53.5 Å². The summed E-state index contributed by atoms with van der Waals surface area (Å²) in [6.45, 7) is 1.70. The maximum atomic E-state index is 11.7. The van der Waals surface area contributed by atoms with Gasteiger partial charge in [0.05, 0.1) is 11.0 Å². The van der Waals surface area contributed by atoms with E-state index in [4.69, 9.17) is 9.47 Å². The second-order valence-corrected chi connectivity index (χ2v) is 9.79. The van der Waals surface area contributed by atoms with Gasteiger partial charge < -0.3 is 14.4 Å². The van der Waals surface area contributed by atoms with Crippen LogP contribution >= 0.6 is 27.7 Å². The Morgan fingerprint density at radius 1 is 1.03 bits per heavy atom. The highest BCUT2D eigenvalue weighted by molar-refractivity contribution is 9.10. The van der Waals surface area contributed by atoms with Crippen LogP contribution in [0.25, 0.3) is 6.08 Å². The summed E-state index contributed by atoms with van der Waals surface area (Å²) in [4.78, 5) is 38.4. The highest BCUT2D eigenvalue weighted by Crippen LogP contribution is 2.28. The van der Waals surface area contributed by atoms with Crippen molar-refractivity contribution < 1.29 is 19.1 Å². The third kappa shape index (κ3) is 5.98. The quantitative estimate of drug-likeness (QED) is 0.430. The number of piperidine rings is 1. The second-order valence-electron chi connectivity index (χ2n) is 7.86. The normalized spacial score (nSPS) is 17.5. The maximum absolute atomic E-state index is 11.7. The van der Waals surface area contributed by atoms with Gasteiger partial charge in [0, 0.05) is 36.6 Å². The summed E-state index contributed by atoms with van der Waals surface area (Å²) in [6.07, 6.45) is 6.64. The summed E-state index contributed by atoms with van der Waals surface area (Å²) in [5.74, 6) is 1.99. The number of hydrogen-bond donors (Lipinski definition) is 1. The molecule has 2 saturated heterocycles. The SMILES string of the molecule is O=C1NC(=O)C(=Cc2ccc(Oc3cc(OC4CCN(c5ccc(Br)cn5)CC4)ncn3)cc2)S1. The number of carbonyl (C=O) groups is 2. The molecule has 0 spiro atoms. The number of nitrogens with one attached hydrogen (secondary N) is 1. The summed E-state index contributed by atoms with van der Waals surface area (Å²) in [6, 6.07) is 12.8. The molecule has 9 nitrogen and oxygen atoms in total. The zero-order chi connectivity index (χ0) is 24.2. The molecule has 3 aromatic rings. The predicted octanol–water partition coefficient (Wildman–Crippen LogP) is 4.80. The molecule has 0 aliphatic carbocycles. The van der Waals surface area contributed by atoms with Gasteiger partial charge >= 0.3 is 0 Å². The molecule has 0 saturated carbocycles. The van der Waals surface area contributed by atoms with Crippen LogP contribution in [-0.4, -0.2) is 45.3 Å². The van der Waals surface area contributed by atoms with E-state index in [1.54, 1.807) is 42.6 Å². The van der Waals surface area contributed by atoms with Gasteiger partial charge in [-0.15, -0.1) is 0 Å². The lowest BCUT2D eigenvalue weighted by Gasteiger charge is -2.32. The summed E-state index contributed by atoms with van der Waals surface area (Å²) in [5.41, 5.74) is 0.779. The molecular formula is C24H20BrN5O4S. The number of halogens is 1. The Morgan fingerprint density at radius 2 is 1.80 bits per heavy atom. The van der Waals surface area contributed by atoms with Crippen molar-refractivity contribution in [2.24, 2.45) is 0 Å². The fourth-order valence-electron chi connectivity index (χ4n) is 3.70. The van der Waals surface area contributed by atoms with Crippen LogP contribution in [-0.2, 0) is 4.79 Å². The van der Waals surface area contributed by atoms with Crippen molar-refractivity contribution in [3.63, 3.8) is 0 Å². The predicted molar refractivity (Wildman–Crippen MR) is 135 cm³/mol. The van der Waals surface area contributed by atoms with Crippen molar-refractivity contribution in [2.75, 3.05) is 18.0 Å². The fraction of sp³-hybridized carbons (Fsp3) is 0.208. The number of amides is 2. The molecule has 0 bridgehead atoms. The van der Waals surface area contributed by atoms with Crippen LogP contribution in [0.1, 0.15) is 18.4 Å². The van der Waals surface area contributed by atoms with Crippen LogP contribution in [0.5, 0.6) is 17.5 Å². The molecule has 0 radical (unpaired) electrons. The molecule has 2 fully saturated rings. The third-order valence-corrected chi connectivity index (χ3v) is 6.70. The number of imide groups is 1. The Morgan fingerprint density at radius 3 is 2.49 bits per heavy atom. The summed E-state index contributed by atoms with van der Waals surface area (Å²) < 4.78 is 12.9. The van der Waals surface area contributed by atoms with Gasteiger partial charge in [0.2, 0.25) is 11.8 Å². The highest BCUT2D eigenvalue weighted by atomic mass is 79.9. The monoisotopic (exact) mass is 553 g/mol. The average Bonchev–Trinajstić information content (AvgIpc) is 3.18. The number of rotatable bonds is 6. The lowest BCUT2D eigenvalue weighted by molar-refractivity contribution is -0.115. The van der Waals surface area contributed by atoms with E-state index >= 15 is 0 Å². The van der Waals surface area contributed by atoms with Gasteiger partial charge in [-0.25, -0.2) is 15.0 Å². The number of ether oxygens (including phenoxy) is 2. The number of thioether (sulfide) groups is 1. The highest BCUT2D eigenvalue weighted by Gasteiger charge is 2.25. The van der Waals surface area contributed by atoms with Crippen molar-refractivity contribution in [2.45, 2.75) is 18.9 Å². The van der Waals surface area contributed by atoms with Crippen LogP contribution in [0.4, 0.5) is 10.6 Å². The minimum absolute atomic E-state index is 0.0503. The first-order valence-corrected chi connectivity index (χ1v) is 12.5. The molecule has 0 unspecified atom stereocenters. The molecule has 4 heterocycles. The van der Waals surface area contributed by atoms with Crippen LogP contribution in [0.3, 0.4) is 0 Å². The summed E-state index contributed by atoms with van der Waals surface area (Å²) >= 11 is 4.30. The van der Waals surface area contributed by atoms with Crippen molar-refractivity contribution in [3.05, 3.63) is 69.9 Å². The Labute approximate surface area is 214 Å². The molecule has 2 amide bonds. The lowest BCUT2D eigenvalue weighted by atomic mass is 10.1. The van der Waals surface area contributed by atoms with Gasteiger partial charge in [0.15, 0.2) is 0 Å². The Bertz CT molecular complexity index is 1260. The van der Waals surface area contributed by atoms with Crippen molar-refractivity contribution >= 4 is 50.7 Å². The minimum atomic E-state index is -0.385. The van der Waals surface area contributed by atoms with E-state index in [2.05, 4.69) is 41.1 Å². The number of benzene rings is 1. The van der Waals surface area contributed by atoms with E-state index in [1.165, 1.54) is 6.33 Å². The van der Waals surface area contributed by atoms with E-state index in [0.29, 0.717) is 22.4 Å². The first-order chi connectivity index (χ1) is 17.0. The summed E-state index contributed by atoms with van der Waals surface area (Å²) in [7, 11) is 0. The van der Waals surface area contributed by atoms with Crippen LogP contribution in [0, 0.1) is 0 Å². The molecule has 1 N–H and O–H groups in total.